The number of nitrogens with zero attached hydrogens (tertiary/aromatic N) is 3. The number of fused-ring (bicyclic) bond motifs is 2. The van der Waals surface area contributed by atoms with Crippen LogP contribution in [0, 0.1) is 18.8 Å². The highest BCUT2D eigenvalue weighted by molar-refractivity contribution is 5.94. The van der Waals surface area contributed by atoms with Crippen LogP contribution in [0.15, 0.2) is 41.2 Å². The lowest BCUT2D eigenvalue weighted by atomic mass is 10.0. The Labute approximate surface area is 193 Å². The SMILES string of the molecule is Cc1cc(C(C)Nc2ccccc2C(=O)O)c2nc(N3CC4CCCC4C3)n(C)c(=O)c2c1. The Morgan fingerprint density at radius 1 is 1.18 bits per heavy atom. The molecule has 3 aromatic rings. The summed E-state index contributed by atoms with van der Waals surface area (Å²) in [7, 11) is 1.81. The predicted octanol–water partition coefficient (Wildman–Crippen LogP) is 4.35. The Morgan fingerprint density at radius 2 is 1.88 bits per heavy atom. The van der Waals surface area contributed by atoms with Crippen molar-refractivity contribution in [2.45, 2.75) is 39.2 Å². The normalized spacial score (nSPS) is 20.8. The van der Waals surface area contributed by atoms with Gasteiger partial charge in [-0.25, -0.2) is 9.78 Å². The highest BCUT2D eigenvalue weighted by atomic mass is 16.4. The third-order valence-electron chi connectivity index (χ3n) is 7.34. The number of carboxylic acid groups (broad SMARTS) is 1. The zero-order valence-corrected chi connectivity index (χ0v) is 19.3. The topological polar surface area (TPSA) is 87.5 Å². The number of aryl methyl sites for hydroxylation is 1. The number of rotatable bonds is 5. The van der Waals surface area contributed by atoms with Crippen molar-refractivity contribution in [2.24, 2.45) is 18.9 Å². The molecule has 0 radical (unpaired) electrons. The molecule has 0 amide bonds. The first-order valence-corrected chi connectivity index (χ1v) is 11.7. The number of anilines is 2. The van der Waals surface area contributed by atoms with Crippen LogP contribution in [0.1, 0.15) is 53.7 Å². The number of hydrogen-bond acceptors (Lipinski definition) is 5. The fourth-order valence-electron chi connectivity index (χ4n) is 5.66. The molecule has 1 saturated carbocycles. The summed E-state index contributed by atoms with van der Waals surface area (Å²) in [6.07, 6.45) is 3.83. The van der Waals surface area contributed by atoms with Crippen molar-refractivity contribution in [3.63, 3.8) is 0 Å². The highest BCUT2D eigenvalue weighted by Gasteiger charge is 2.37. The Balaban J connectivity index is 1.58. The minimum absolute atomic E-state index is 0.0462. The molecule has 1 saturated heterocycles. The van der Waals surface area contributed by atoms with E-state index in [2.05, 4.69) is 10.2 Å². The zero-order valence-electron chi connectivity index (χ0n) is 19.3. The summed E-state index contributed by atoms with van der Waals surface area (Å²) >= 11 is 0. The van der Waals surface area contributed by atoms with Crippen molar-refractivity contribution >= 4 is 28.5 Å². The fraction of sp³-hybridized carbons (Fsp3) is 0.423. The van der Waals surface area contributed by atoms with E-state index in [1.165, 1.54) is 19.3 Å². The second-order valence-corrected chi connectivity index (χ2v) is 9.60. The van der Waals surface area contributed by atoms with E-state index < -0.39 is 5.97 Å². The summed E-state index contributed by atoms with van der Waals surface area (Å²) in [6, 6.07) is 10.6. The summed E-state index contributed by atoms with van der Waals surface area (Å²) in [6.45, 7) is 5.86. The van der Waals surface area contributed by atoms with E-state index in [9.17, 15) is 14.7 Å². The van der Waals surface area contributed by atoms with Crippen molar-refractivity contribution in [2.75, 3.05) is 23.3 Å². The lowest BCUT2D eigenvalue weighted by Crippen LogP contribution is -2.31. The summed E-state index contributed by atoms with van der Waals surface area (Å²) < 4.78 is 1.68. The molecule has 7 heteroatoms. The van der Waals surface area contributed by atoms with Gasteiger partial charge < -0.3 is 15.3 Å². The number of carboxylic acids is 1. The summed E-state index contributed by atoms with van der Waals surface area (Å²) in [4.78, 5) is 32.4. The molecule has 1 aliphatic heterocycles. The molecule has 1 aliphatic carbocycles. The fourth-order valence-corrected chi connectivity index (χ4v) is 5.66. The van der Waals surface area contributed by atoms with Gasteiger partial charge in [-0.15, -0.1) is 0 Å². The second-order valence-electron chi connectivity index (χ2n) is 9.60. The average Bonchev–Trinajstić information content (AvgIpc) is 3.38. The van der Waals surface area contributed by atoms with E-state index in [0.29, 0.717) is 28.4 Å². The van der Waals surface area contributed by atoms with E-state index >= 15 is 0 Å². The number of para-hydroxylation sites is 1. The van der Waals surface area contributed by atoms with Gasteiger partial charge in [-0.05, 0) is 62.3 Å². The first-order chi connectivity index (χ1) is 15.8. The van der Waals surface area contributed by atoms with Gasteiger partial charge >= 0.3 is 5.97 Å². The van der Waals surface area contributed by atoms with Crippen LogP contribution in [0.2, 0.25) is 0 Å². The minimum Gasteiger partial charge on any atom is -0.478 e. The molecular weight excluding hydrogens is 416 g/mol. The molecule has 2 N–H and O–H groups in total. The minimum atomic E-state index is -0.978. The van der Waals surface area contributed by atoms with E-state index in [1.54, 1.807) is 22.8 Å². The molecule has 172 valence electrons. The smallest absolute Gasteiger partial charge is 0.337 e. The Morgan fingerprint density at radius 3 is 2.58 bits per heavy atom. The van der Waals surface area contributed by atoms with Crippen LogP contribution in [-0.2, 0) is 7.05 Å². The highest BCUT2D eigenvalue weighted by Crippen LogP contribution is 2.39. The van der Waals surface area contributed by atoms with Crippen LogP contribution in [0.5, 0.6) is 0 Å². The van der Waals surface area contributed by atoms with Crippen LogP contribution in [0.25, 0.3) is 10.9 Å². The molecule has 2 aromatic carbocycles. The Kier molecular flexibility index (Phi) is 5.35. The number of hydrogen-bond donors (Lipinski definition) is 2. The van der Waals surface area contributed by atoms with Crippen LogP contribution in [-0.4, -0.2) is 33.7 Å². The van der Waals surface area contributed by atoms with Crippen LogP contribution < -0.4 is 15.8 Å². The zero-order chi connectivity index (χ0) is 23.3. The van der Waals surface area contributed by atoms with Crippen molar-refractivity contribution in [3.8, 4) is 0 Å². The number of nitrogens with one attached hydrogen (secondary N) is 1. The molecule has 33 heavy (non-hydrogen) atoms. The third kappa shape index (κ3) is 3.75. The third-order valence-corrected chi connectivity index (χ3v) is 7.34. The monoisotopic (exact) mass is 446 g/mol. The van der Waals surface area contributed by atoms with Crippen molar-refractivity contribution in [1.82, 2.24) is 9.55 Å². The van der Waals surface area contributed by atoms with Crippen molar-refractivity contribution in [1.29, 1.82) is 0 Å². The molecule has 2 aliphatic rings. The average molecular weight is 447 g/mol. The van der Waals surface area contributed by atoms with Gasteiger partial charge in [-0.1, -0.05) is 24.6 Å². The lowest BCUT2D eigenvalue weighted by molar-refractivity contribution is 0.0698. The maximum Gasteiger partial charge on any atom is 0.337 e. The first-order valence-electron chi connectivity index (χ1n) is 11.7. The van der Waals surface area contributed by atoms with Gasteiger partial charge in [0.25, 0.3) is 5.56 Å². The number of benzene rings is 2. The van der Waals surface area contributed by atoms with Gasteiger partial charge in [0.15, 0.2) is 0 Å². The van der Waals surface area contributed by atoms with E-state index in [1.807, 2.05) is 39.1 Å². The van der Waals surface area contributed by atoms with Gasteiger partial charge in [-0.3, -0.25) is 9.36 Å². The lowest BCUT2D eigenvalue weighted by Gasteiger charge is -2.24. The van der Waals surface area contributed by atoms with Gasteiger partial charge in [0.2, 0.25) is 5.95 Å². The number of aromatic nitrogens is 2. The molecule has 2 heterocycles. The van der Waals surface area contributed by atoms with Crippen LogP contribution in [0.3, 0.4) is 0 Å². The quantitative estimate of drug-likeness (QED) is 0.606. The maximum absolute atomic E-state index is 13.4. The summed E-state index contributed by atoms with van der Waals surface area (Å²) in [5, 5.41) is 13.5. The van der Waals surface area contributed by atoms with E-state index in [-0.39, 0.29) is 17.2 Å². The largest absolute Gasteiger partial charge is 0.478 e. The Bertz CT molecular complexity index is 1290. The van der Waals surface area contributed by atoms with Crippen molar-refractivity contribution in [3.05, 3.63) is 63.4 Å². The molecule has 1 aromatic heterocycles. The molecule has 7 nitrogen and oxygen atoms in total. The van der Waals surface area contributed by atoms with Crippen LogP contribution in [0.4, 0.5) is 11.6 Å². The van der Waals surface area contributed by atoms with Crippen LogP contribution >= 0.6 is 0 Å². The van der Waals surface area contributed by atoms with Gasteiger partial charge in [-0.2, -0.15) is 0 Å². The molecule has 5 rings (SSSR count). The Hall–Kier alpha value is -3.35. The second kappa shape index (κ2) is 8.21. The van der Waals surface area contributed by atoms with Gasteiger partial charge in [0, 0.05) is 31.4 Å². The summed E-state index contributed by atoms with van der Waals surface area (Å²) in [5.74, 6) is 1.14. The van der Waals surface area contributed by atoms with Gasteiger partial charge in [0.1, 0.15) is 0 Å². The number of carbonyl (C=O) groups is 1. The first kappa shape index (κ1) is 21.5. The van der Waals surface area contributed by atoms with Crippen molar-refractivity contribution < 1.29 is 9.90 Å². The molecule has 0 bridgehead atoms. The van der Waals surface area contributed by atoms with Gasteiger partial charge in [0.05, 0.1) is 22.5 Å². The summed E-state index contributed by atoms with van der Waals surface area (Å²) in [5.41, 5.74) is 3.26. The standard InChI is InChI=1S/C26H30N4O3/c1-15-11-20(16(2)27-22-10-5-4-9-19(22)25(32)33)23-21(12-15)24(31)29(3)26(28-23)30-13-17-7-6-8-18(17)14-30/h4-5,9-12,16-18,27H,6-8,13-14H2,1-3H3,(H,32,33). The predicted molar refractivity (Wildman–Crippen MR) is 130 cm³/mol. The molecule has 2 fully saturated rings. The number of aromatic carboxylic acids is 1. The molecule has 3 atom stereocenters. The van der Waals surface area contributed by atoms with E-state index in [4.69, 9.17) is 4.98 Å². The molecule has 0 spiro atoms. The molecule has 3 unspecified atom stereocenters. The van der Waals surface area contributed by atoms with E-state index in [0.717, 1.165) is 30.2 Å². The maximum atomic E-state index is 13.4. The molecular formula is C26H30N4O3.